The van der Waals surface area contributed by atoms with E-state index in [-0.39, 0.29) is 11.5 Å². The molecule has 1 aliphatic rings. The topological polar surface area (TPSA) is 55.1 Å². The van der Waals surface area contributed by atoms with Crippen LogP contribution in [0.4, 0.5) is 10.1 Å². The molecule has 1 fully saturated rings. The van der Waals surface area contributed by atoms with Crippen molar-refractivity contribution < 1.29 is 9.18 Å². The lowest BCUT2D eigenvalue weighted by atomic mass is 10.1. The summed E-state index contributed by atoms with van der Waals surface area (Å²) in [5.74, 6) is -0.159. The molecule has 0 spiro atoms. The Bertz CT molecular complexity index is 414. The van der Waals surface area contributed by atoms with Crippen LogP contribution in [-0.2, 0) is 0 Å². The predicted octanol–water partition coefficient (Wildman–Crippen LogP) is 2.33. The summed E-state index contributed by atoms with van der Waals surface area (Å²) in [6.45, 7) is 0.661. The van der Waals surface area contributed by atoms with Crippen LogP contribution < -0.4 is 11.1 Å². The summed E-state index contributed by atoms with van der Waals surface area (Å²) < 4.78 is 13.0. The number of hydrogen-bond donors (Lipinski definition) is 2. The lowest BCUT2D eigenvalue weighted by molar-refractivity contribution is 0.0948. The van der Waals surface area contributed by atoms with Gasteiger partial charge in [-0.15, -0.1) is 0 Å². The van der Waals surface area contributed by atoms with Gasteiger partial charge in [0, 0.05) is 12.2 Å². The number of carbonyl (C=O) groups is 1. The second-order valence-electron chi connectivity index (χ2n) is 4.59. The summed E-state index contributed by atoms with van der Waals surface area (Å²) in [7, 11) is 0. The van der Waals surface area contributed by atoms with Crippen LogP contribution in [0.3, 0.4) is 0 Å². The monoisotopic (exact) mass is 236 g/mol. The third-order valence-electron chi connectivity index (χ3n) is 3.29. The van der Waals surface area contributed by atoms with Crippen molar-refractivity contribution >= 4 is 11.6 Å². The molecule has 1 aromatic rings. The molecule has 2 rings (SSSR count). The SMILES string of the molecule is Nc1ccc(F)cc1C(=O)NCC1CCCC1. The van der Waals surface area contributed by atoms with E-state index in [0.29, 0.717) is 18.2 Å². The van der Waals surface area contributed by atoms with E-state index in [2.05, 4.69) is 5.32 Å². The van der Waals surface area contributed by atoms with Gasteiger partial charge in [-0.3, -0.25) is 4.79 Å². The summed E-state index contributed by atoms with van der Waals surface area (Å²) in [6, 6.07) is 3.85. The first kappa shape index (κ1) is 11.9. The normalized spacial score (nSPS) is 16.1. The van der Waals surface area contributed by atoms with Crippen molar-refractivity contribution in [2.75, 3.05) is 12.3 Å². The Hall–Kier alpha value is -1.58. The van der Waals surface area contributed by atoms with E-state index >= 15 is 0 Å². The molecule has 1 amide bonds. The fourth-order valence-corrected chi connectivity index (χ4v) is 2.27. The van der Waals surface area contributed by atoms with Crippen molar-refractivity contribution in [1.82, 2.24) is 5.32 Å². The molecule has 1 aromatic carbocycles. The Kier molecular flexibility index (Phi) is 3.61. The number of nitrogens with two attached hydrogens (primary N) is 1. The number of nitrogen functional groups attached to an aromatic ring is 1. The lowest BCUT2D eigenvalue weighted by Gasteiger charge is -2.11. The van der Waals surface area contributed by atoms with Gasteiger partial charge in [-0.25, -0.2) is 4.39 Å². The molecule has 0 radical (unpaired) electrons. The summed E-state index contributed by atoms with van der Waals surface area (Å²) in [5.41, 5.74) is 6.19. The van der Waals surface area contributed by atoms with E-state index in [1.54, 1.807) is 0 Å². The number of hydrogen-bond acceptors (Lipinski definition) is 2. The van der Waals surface area contributed by atoms with Gasteiger partial charge < -0.3 is 11.1 Å². The molecule has 0 atom stereocenters. The van der Waals surface area contributed by atoms with Crippen molar-refractivity contribution in [3.8, 4) is 0 Å². The van der Waals surface area contributed by atoms with Crippen LogP contribution in [0.2, 0.25) is 0 Å². The van der Waals surface area contributed by atoms with E-state index in [1.807, 2.05) is 0 Å². The zero-order valence-corrected chi connectivity index (χ0v) is 9.71. The van der Waals surface area contributed by atoms with E-state index < -0.39 is 5.82 Å². The van der Waals surface area contributed by atoms with Gasteiger partial charge in [-0.05, 0) is 37.0 Å². The molecule has 4 heteroatoms. The molecule has 0 saturated heterocycles. The minimum Gasteiger partial charge on any atom is -0.398 e. The largest absolute Gasteiger partial charge is 0.398 e. The van der Waals surface area contributed by atoms with Crippen LogP contribution >= 0.6 is 0 Å². The number of anilines is 1. The van der Waals surface area contributed by atoms with Crippen molar-refractivity contribution in [3.63, 3.8) is 0 Å². The first-order valence-electron chi connectivity index (χ1n) is 6.00. The van der Waals surface area contributed by atoms with Gasteiger partial charge in [-0.2, -0.15) is 0 Å². The third-order valence-corrected chi connectivity index (χ3v) is 3.29. The lowest BCUT2D eigenvalue weighted by Crippen LogP contribution is -2.29. The average Bonchev–Trinajstić information content (AvgIpc) is 2.82. The highest BCUT2D eigenvalue weighted by Crippen LogP contribution is 2.24. The van der Waals surface area contributed by atoms with Gasteiger partial charge in [0.15, 0.2) is 0 Å². The van der Waals surface area contributed by atoms with Gasteiger partial charge >= 0.3 is 0 Å². The van der Waals surface area contributed by atoms with Crippen LogP contribution in [0.15, 0.2) is 18.2 Å². The molecule has 0 heterocycles. The van der Waals surface area contributed by atoms with Gasteiger partial charge in [0.25, 0.3) is 5.91 Å². The number of halogens is 1. The van der Waals surface area contributed by atoms with Gasteiger partial charge in [0.2, 0.25) is 0 Å². The second-order valence-corrected chi connectivity index (χ2v) is 4.59. The van der Waals surface area contributed by atoms with E-state index in [0.717, 1.165) is 0 Å². The van der Waals surface area contributed by atoms with Crippen LogP contribution in [-0.4, -0.2) is 12.5 Å². The van der Waals surface area contributed by atoms with E-state index in [4.69, 9.17) is 5.73 Å². The molecular formula is C13H17FN2O. The van der Waals surface area contributed by atoms with E-state index in [9.17, 15) is 9.18 Å². The minimum absolute atomic E-state index is 0.225. The Morgan fingerprint density at radius 2 is 2.12 bits per heavy atom. The van der Waals surface area contributed by atoms with Gasteiger partial charge in [0.1, 0.15) is 5.82 Å². The van der Waals surface area contributed by atoms with Crippen molar-refractivity contribution in [2.24, 2.45) is 5.92 Å². The molecule has 92 valence electrons. The summed E-state index contributed by atoms with van der Waals surface area (Å²) in [6.07, 6.45) is 4.81. The molecular weight excluding hydrogens is 219 g/mol. The first-order chi connectivity index (χ1) is 8.16. The summed E-state index contributed by atoms with van der Waals surface area (Å²) >= 11 is 0. The quantitative estimate of drug-likeness (QED) is 0.791. The number of amides is 1. The smallest absolute Gasteiger partial charge is 0.253 e. The molecule has 1 saturated carbocycles. The number of carbonyl (C=O) groups excluding carboxylic acids is 1. The number of nitrogens with one attached hydrogen (secondary N) is 1. The Balaban J connectivity index is 1.96. The molecule has 3 nitrogen and oxygen atoms in total. The minimum atomic E-state index is -0.440. The van der Waals surface area contributed by atoms with Crippen LogP contribution in [0.25, 0.3) is 0 Å². The summed E-state index contributed by atoms with van der Waals surface area (Å²) in [5, 5.41) is 2.82. The average molecular weight is 236 g/mol. The Morgan fingerprint density at radius 1 is 1.41 bits per heavy atom. The Labute approximate surface area is 100 Å². The molecule has 1 aliphatic carbocycles. The zero-order valence-electron chi connectivity index (χ0n) is 9.71. The highest BCUT2D eigenvalue weighted by atomic mass is 19.1. The van der Waals surface area contributed by atoms with Gasteiger partial charge in [-0.1, -0.05) is 12.8 Å². The maximum Gasteiger partial charge on any atom is 0.253 e. The van der Waals surface area contributed by atoms with Crippen molar-refractivity contribution in [2.45, 2.75) is 25.7 Å². The molecule has 0 aliphatic heterocycles. The standard InChI is InChI=1S/C13H17FN2O/c14-10-5-6-12(15)11(7-10)13(17)16-8-9-3-1-2-4-9/h5-7,9H,1-4,8,15H2,(H,16,17). The van der Waals surface area contributed by atoms with Crippen molar-refractivity contribution in [1.29, 1.82) is 0 Å². The first-order valence-corrected chi connectivity index (χ1v) is 6.00. The molecule has 0 bridgehead atoms. The van der Waals surface area contributed by atoms with Gasteiger partial charge in [0.05, 0.1) is 5.56 Å². The number of benzene rings is 1. The third kappa shape index (κ3) is 2.96. The maximum absolute atomic E-state index is 13.0. The highest BCUT2D eigenvalue weighted by Gasteiger charge is 2.17. The molecule has 3 N–H and O–H groups in total. The predicted molar refractivity (Wildman–Crippen MR) is 65.1 cm³/mol. The zero-order chi connectivity index (χ0) is 12.3. The fraction of sp³-hybridized carbons (Fsp3) is 0.462. The highest BCUT2D eigenvalue weighted by molar-refractivity contribution is 5.99. The second kappa shape index (κ2) is 5.17. The number of rotatable bonds is 3. The molecule has 0 unspecified atom stereocenters. The molecule has 0 aromatic heterocycles. The van der Waals surface area contributed by atoms with Crippen LogP contribution in [0, 0.1) is 11.7 Å². The molecule has 17 heavy (non-hydrogen) atoms. The van der Waals surface area contributed by atoms with Crippen LogP contribution in [0.5, 0.6) is 0 Å². The maximum atomic E-state index is 13.0. The summed E-state index contributed by atoms with van der Waals surface area (Å²) in [4.78, 5) is 11.8. The Morgan fingerprint density at radius 3 is 2.82 bits per heavy atom. The van der Waals surface area contributed by atoms with E-state index in [1.165, 1.54) is 43.9 Å². The fourth-order valence-electron chi connectivity index (χ4n) is 2.27. The van der Waals surface area contributed by atoms with Crippen LogP contribution in [0.1, 0.15) is 36.0 Å². The van der Waals surface area contributed by atoms with Crippen molar-refractivity contribution in [3.05, 3.63) is 29.6 Å².